The summed E-state index contributed by atoms with van der Waals surface area (Å²) in [5.41, 5.74) is 0.517. The summed E-state index contributed by atoms with van der Waals surface area (Å²) >= 11 is 0. The Kier molecular flexibility index (Phi) is 2.28. The summed E-state index contributed by atoms with van der Waals surface area (Å²) in [5, 5.41) is 0. The van der Waals surface area contributed by atoms with E-state index < -0.39 is 0 Å². The van der Waals surface area contributed by atoms with Gasteiger partial charge in [-0.25, -0.2) is 0 Å². The normalized spacial score (nSPS) is 24.8. The van der Waals surface area contributed by atoms with Crippen molar-refractivity contribution >= 4 is 5.91 Å². The minimum atomic E-state index is 0.159. The number of likely N-dealkylation sites (tertiary alicyclic amines) is 1. The van der Waals surface area contributed by atoms with E-state index >= 15 is 0 Å². The molecule has 2 aliphatic rings. The lowest BCUT2D eigenvalue weighted by atomic mass is 9.68. The molecule has 13 heavy (non-hydrogen) atoms. The molecule has 1 spiro atoms. The van der Waals surface area contributed by atoms with Crippen molar-refractivity contribution < 1.29 is 9.53 Å². The molecule has 3 heteroatoms. The Morgan fingerprint density at radius 2 is 2.23 bits per heavy atom. The van der Waals surface area contributed by atoms with Crippen molar-refractivity contribution in [2.45, 2.75) is 25.7 Å². The number of nitrogens with zero attached hydrogens (tertiary/aromatic N) is 1. The molecule has 0 aromatic rings. The van der Waals surface area contributed by atoms with Gasteiger partial charge in [-0.05, 0) is 24.7 Å². The monoisotopic (exact) mass is 183 g/mol. The van der Waals surface area contributed by atoms with Crippen LogP contribution in [0.5, 0.6) is 0 Å². The van der Waals surface area contributed by atoms with Crippen LogP contribution in [0.2, 0.25) is 0 Å². The molecule has 1 heterocycles. The molecule has 2 fully saturated rings. The average molecular weight is 183 g/mol. The molecule has 1 aliphatic heterocycles. The number of hydrogen-bond donors (Lipinski definition) is 0. The van der Waals surface area contributed by atoms with E-state index in [4.69, 9.17) is 4.74 Å². The Balaban J connectivity index is 1.87. The van der Waals surface area contributed by atoms with E-state index in [1.54, 1.807) is 7.11 Å². The number of carbonyl (C=O) groups is 1. The zero-order valence-corrected chi connectivity index (χ0v) is 8.21. The van der Waals surface area contributed by atoms with Gasteiger partial charge in [0.15, 0.2) is 0 Å². The molecular formula is C10H17NO2. The van der Waals surface area contributed by atoms with Crippen LogP contribution in [-0.4, -0.2) is 37.6 Å². The quantitative estimate of drug-likeness (QED) is 0.640. The molecule has 0 aromatic heterocycles. The van der Waals surface area contributed by atoms with Gasteiger partial charge in [-0.2, -0.15) is 0 Å². The lowest BCUT2D eigenvalue weighted by Gasteiger charge is -2.37. The van der Waals surface area contributed by atoms with Crippen LogP contribution in [0.4, 0.5) is 0 Å². The molecule has 3 nitrogen and oxygen atoms in total. The van der Waals surface area contributed by atoms with Crippen molar-refractivity contribution in [2.24, 2.45) is 5.41 Å². The first-order valence-electron chi connectivity index (χ1n) is 5.02. The summed E-state index contributed by atoms with van der Waals surface area (Å²) in [4.78, 5) is 13.4. The molecule has 1 aliphatic carbocycles. The number of ether oxygens (including phenoxy) is 1. The first kappa shape index (κ1) is 9.00. The number of rotatable bonds is 2. The molecule has 0 aromatic carbocycles. The van der Waals surface area contributed by atoms with Gasteiger partial charge in [-0.1, -0.05) is 6.42 Å². The van der Waals surface area contributed by atoms with Crippen LogP contribution in [-0.2, 0) is 9.53 Å². The Hall–Kier alpha value is -0.570. The van der Waals surface area contributed by atoms with Crippen LogP contribution >= 0.6 is 0 Å². The predicted molar refractivity (Wildman–Crippen MR) is 49.4 cm³/mol. The van der Waals surface area contributed by atoms with Gasteiger partial charge in [0.1, 0.15) is 6.61 Å². The molecule has 74 valence electrons. The van der Waals surface area contributed by atoms with Gasteiger partial charge in [-0.15, -0.1) is 0 Å². The first-order valence-corrected chi connectivity index (χ1v) is 5.02. The second-order valence-corrected chi connectivity index (χ2v) is 4.35. The predicted octanol–water partition coefficient (Wildman–Crippen LogP) is 1.04. The van der Waals surface area contributed by atoms with E-state index in [9.17, 15) is 4.79 Å². The highest BCUT2D eigenvalue weighted by molar-refractivity contribution is 5.77. The van der Waals surface area contributed by atoms with E-state index in [0.29, 0.717) is 5.41 Å². The van der Waals surface area contributed by atoms with Gasteiger partial charge in [0, 0.05) is 20.2 Å². The highest BCUT2D eigenvalue weighted by Gasteiger charge is 2.43. The third kappa shape index (κ3) is 1.57. The largest absolute Gasteiger partial charge is 0.375 e. The second kappa shape index (κ2) is 3.29. The Bertz CT molecular complexity index is 211. The van der Waals surface area contributed by atoms with Gasteiger partial charge < -0.3 is 9.64 Å². The molecule has 0 unspecified atom stereocenters. The molecule has 1 saturated heterocycles. The molecule has 0 radical (unpaired) electrons. The van der Waals surface area contributed by atoms with Crippen molar-refractivity contribution in [3.63, 3.8) is 0 Å². The number of methoxy groups -OCH3 is 1. The summed E-state index contributed by atoms with van der Waals surface area (Å²) < 4.78 is 4.84. The van der Waals surface area contributed by atoms with E-state index in [-0.39, 0.29) is 12.5 Å². The van der Waals surface area contributed by atoms with Gasteiger partial charge >= 0.3 is 0 Å². The Morgan fingerprint density at radius 1 is 1.46 bits per heavy atom. The zero-order valence-electron chi connectivity index (χ0n) is 8.21. The zero-order chi connectivity index (χ0) is 9.31. The summed E-state index contributed by atoms with van der Waals surface area (Å²) in [6.45, 7) is 2.17. The van der Waals surface area contributed by atoms with Crippen molar-refractivity contribution in [3.05, 3.63) is 0 Å². The maximum absolute atomic E-state index is 11.5. The fraction of sp³-hybridized carbons (Fsp3) is 0.900. The van der Waals surface area contributed by atoms with Crippen LogP contribution in [0.1, 0.15) is 25.7 Å². The number of carbonyl (C=O) groups excluding carboxylic acids is 1. The van der Waals surface area contributed by atoms with E-state index in [2.05, 4.69) is 0 Å². The summed E-state index contributed by atoms with van der Waals surface area (Å²) in [6, 6.07) is 0. The molecule has 1 amide bonds. The SMILES string of the molecule is COCC(=O)N1CCC2(CCC2)C1. The van der Waals surface area contributed by atoms with Crippen LogP contribution in [0, 0.1) is 5.41 Å². The molecule has 0 bridgehead atoms. The molecule has 2 rings (SSSR count). The molecular weight excluding hydrogens is 166 g/mol. The number of hydrogen-bond acceptors (Lipinski definition) is 2. The Morgan fingerprint density at radius 3 is 2.69 bits per heavy atom. The molecule has 0 atom stereocenters. The van der Waals surface area contributed by atoms with Crippen LogP contribution in [0.15, 0.2) is 0 Å². The van der Waals surface area contributed by atoms with Crippen molar-refractivity contribution in [1.29, 1.82) is 0 Å². The van der Waals surface area contributed by atoms with Gasteiger partial charge in [0.2, 0.25) is 5.91 Å². The van der Waals surface area contributed by atoms with Gasteiger partial charge in [-0.3, -0.25) is 4.79 Å². The second-order valence-electron chi connectivity index (χ2n) is 4.35. The Labute approximate surface area is 79.0 Å². The first-order chi connectivity index (χ1) is 6.26. The summed E-state index contributed by atoms with van der Waals surface area (Å²) in [5.74, 6) is 0.159. The van der Waals surface area contributed by atoms with Crippen LogP contribution in [0.3, 0.4) is 0 Å². The maximum Gasteiger partial charge on any atom is 0.248 e. The highest BCUT2D eigenvalue weighted by atomic mass is 16.5. The smallest absolute Gasteiger partial charge is 0.248 e. The van der Waals surface area contributed by atoms with E-state index in [1.807, 2.05) is 4.90 Å². The van der Waals surface area contributed by atoms with Crippen molar-refractivity contribution in [2.75, 3.05) is 26.8 Å². The van der Waals surface area contributed by atoms with E-state index in [1.165, 1.54) is 25.7 Å². The molecule has 1 saturated carbocycles. The standard InChI is InChI=1S/C10H17NO2/c1-13-7-9(12)11-6-5-10(8-11)3-2-4-10/h2-8H2,1H3. The topological polar surface area (TPSA) is 29.5 Å². The maximum atomic E-state index is 11.5. The highest BCUT2D eigenvalue weighted by Crippen LogP contribution is 2.47. The van der Waals surface area contributed by atoms with Crippen LogP contribution in [0.25, 0.3) is 0 Å². The summed E-state index contributed by atoms with van der Waals surface area (Å²) in [7, 11) is 1.58. The number of amides is 1. The lowest BCUT2D eigenvalue weighted by Crippen LogP contribution is -2.37. The van der Waals surface area contributed by atoms with Gasteiger partial charge in [0.05, 0.1) is 0 Å². The fourth-order valence-electron chi connectivity index (χ4n) is 2.45. The summed E-state index contributed by atoms with van der Waals surface area (Å²) in [6.07, 6.45) is 5.21. The lowest BCUT2D eigenvalue weighted by molar-refractivity contribution is -0.134. The minimum absolute atomic E-state index is 0.159. The van der Waals surface area contributed by atoms with Crippen LogP contribution < -0.4 is 0 Å². The third-order valence-electron chi connectivity index (χ3n) is 3.47. The fourth-order valence-corrected chi connectivity index (χ4v) is 2.45. The minimum Gasteiger partial charge on any atom is -0.375 e. The third-order valence-corrected chi connectivity index (χ3v) is 3.47. The van der Waals surface area contributed by atoms with E-state index in [0.717, 1.165) is 13.1 Å². The molecule has 0 N–H and O–H groups in total. The average Bonchev–Trinajstić information content (AvgIpc) is 2.47. The van der Waals surface area contributed by atoms with Crippen molar-refractivity contribution in [1.82, 2.24) is 4.90 Å². The van der Waals surface area contributed by atoms with Gasteiger partial charge in [0.25, 0.3) is 0 Å². The van der Waals surface area contributed by atoms with Crippen molar-refractivity contribution in [3.8, 4) is 0 Å².